The summed E-state index contributed by atoms with van der Waals surface area (Å²) in [4.78, 5) is 3.08. The van der Waals surface area contributed by atoms with Crippen LogP contribution in [0.25, 0.3) is 0 Å². The van der Waals surface area contributed by atoms with Gasteiger partial charge in [-0.1, -0.05) is 70.4 Å². The van der Waals surface area contributed by atoms with Gasteiger partial charge in [-0.2, -0.15) is 0 Å². The highest BCUT2D eigenvalue weighted by Crippen LogP contribution is 2.19. The van der Waals surface area contributed by atoms with Gasteiger partial charge < -0.3 is 39.6 Å². The minimum atomic E-state index is -0.132. The Balaban J connectivity index is 0.00000420. The van der Waals surface area contributed by atoms with Crippen LogP contribution in [-0.2, 0) is 0 Å². The summed E-state index contributed by atoms with van der Waals surface area (Å²) in [5.41, 5.74) is 1.29. The van der Waals surface area contributed by atoms with Gasteiger partial charge in [-0.3, -0.25) is 4.90 Å². The minimum absolute atomic E-state index is 0. The number of ether oxygens (including phenoxy) is 1. The molecule has 1 aliphatic rings. The lowest BCUT2D eigenvalue weighted by Crippen LogP contribution is -3.26. The number of aliphatic hydroxyl groups excluding tert-OH is 1. The normalized spacial score (nSPS) is 19.4. The zero-order chi connectivity index (χ0) is 20.0. The number of unbranched alkanes of at least 4 members (excludes halogenated alkanes) is 7. The molecule has 2 rings (SSSR count). The first-order valence-electron chi connectivity index (χ1n) is 11.8. The summed E-state index contributed by atoms with van der Waals surface area (Å²) in [6.45, 7) is 10.4. The first-order valence-corrected chi connectivity index (χ1v) is 11.8. The molecule has 1 atom stereocenters. The second-order valence-electron chi connectivity index (χ2n) is 8.40. The Morgan fingerprint density at radius 2 is 1.47 bits per heavy atom. The van der Waals surface area contributed by atoms with E-state index in [0.717, 1.165) is 44.9 Å². The van der Waals surface area contributed by atoms with E-state index in [1.54, 1.807) is 4.90 Å². The molecule has 1 unspecified atom stereocenters. The van der Waals surface area contributed by atoms with E-state index < -0.39 is 0 Å². The Hall–Kier alpha value is -0.520. The van der Waals surface area contributed by atoms with E-state index >= 15 is 0 Å². The molecule has 1 aliphatic heterocycles. The predicted octanol–water partition coefficient (Wildman–Crippen LogP) is -3.60. The minimum Gasteiger partial charge on any atom is -1.00 e. The van der Waals surface area contributed by atoms with E-state index in [-0.39, 0.29) is 30.9 Å². The van der Waals surface area contributed by atoms with Crippen LogP contribution >= 0.6 is 0 Å². The number of halogens is 2. The van der Waals surface area contributed by atoms with Gasteiger partial charge >= 0.3 is 0 Å². The average molecular weight is 464 g/mol. The fourth-order valence-electron chi connectivity index (χ4n) is 4.37. The number of quaternary nitrogens is 2. The molecule has 0 spiro atoms. The summed E-state index contributed by atoms with van der Waals surface area (Å²) >= 11 is 0. The quantitative estimate of drug-likeness (QED) is 0.250. The van der Waals surface area contributed by atoms with Crippen LogP contribution in [0.4, 0.5) is 5.69 Å². The molecule has 0 amide bonds. The number of aliphatic hydroxyl groups is 1. The monoisotopic (exact) mass is 462 g/mol. The maximum Gasteiger partial charge on any atom is 0.179 e. The SMILES string of the molecule is CCCCCCCCCCC(O)C[NH+]1CC[NH+](c2ccccc2OCC)CC1.[Cl-].[Cl-]. The maximum atomic E-state index is 10.4. The number of piperazine rings is 1. The average Bonchev–Trinajstić information content (AvgIpc) is 2.71. The van der Waals surface area contributed by atoms with Crippen LogP contribution in [0.3, 0.4) is 0 Å². The summed E-state index contributed by atoms with van der Waals surface area (Å²) < 4.78 is 5.81. The van der Waals surface area contributed by atoms with Crippen LogP contribution < -0.4 is 39.4 Å². The number of benzene rings is 1. The molecule has 1 heterocycles. The van der Waals surface area contributed by atoms with Crippen molar-refractivity contribution in [3.8, 4) is 5.75 Å². The summed E-state index contributed by atoms with van der Waals surface area (Å²) in [5.74, 6) is 1.03. The van der Waals surface area contributed by atoms with Gasteiger partial charge in [-0.05, 0) is 19.4 Å². The molecule has 0 aromatic heterocycles. The van der Waals surface area contributed by atoms with Crippen LogP contribution in [0.15, 0.2) is 24.3 Å². The largest absolute Gasteiger partial charge is 1.00 e. The summed E-state index contributed by atoms with van der Waals surface area (Å²) in [6.07, 6.45) is 11.5. The molecular formula is C24H44Cl2N2O2. The lowest BCUT2D eigenvalue weighted by atomic mass is 10.1. The Labute approximate surface area is 197 Å². The van der Waals surface area contributed by atoms with Gasteiger partial charge in [0.2, 0.25) is 0 Å². The first-order chi connectivity index (χ1) is 13.7. The molecule has 0 radical (unpaired) electrons. The standard InChI is InChI=1S/C24H42N2O2.2ClH/c1-3-5-6-7-8-9-10-11-14-22(27)21-25-17-19-26(20-18-25)23-15-12-13-16-24(23)28-4-2;;/h12-13,15-16,22,27H,3-11,14,17-21H2,1-2H3;2*1H. The Bertz CT molecular complexity index is 526. The fourth-order valence-corrected chi connectivity index (χ4v) is 4.37. The lowest BCUT2D eigenvalue weighted by molar-refractivity contribution is -0.988. The highest BCUT2D eigenvalue weighted by Gasteiger charge is 2.27. The fraction of sp³-hybridized carbons (Fsp3) is 0.750. The van der Waals surface area contributed by atoms with Gasteiger partial charge in [0.15, 0.2) is 11.4 Å². The van der Waals surface area contributed by atoms with E-state index in [9.17, 15) is 5.11 Å². The van der Waals surface area contributed by atoms with Crippen molar-refractivity contribution < 1.29 is 44.5 Å². The van der Waals surface area contributed by atoms with Gasteiger partial charge in [-0.15, -0.1) is 0 Å². The highest BCUT2D eigenvalue weighted by atomic mass is 35.5. The van der Waals surface area contributed by atoms with Gasteiger partial charge in [0, 0.05) is 6.07 Å². The molecule has 4 nitrogen and oxygen atoms in total. The predicted molar refractivity (Wildman–Crippen MR) is 117 cm³/mol. The van der Waals surface area contributed by atoms with Gasteiger partial charge in [-0.25, -0.2) is 0 Å². The summed E-state index contributed by atoms with van der Waals surface area (Å²) in [5, 5.41) is 10.4. The molecule has 0 aliphatic carbocycles. The maximum absolute atomic E-state index is 10.4. The van der Waals surface area contributed by atoms with Crippen LogP contribution in [0, 0.1) is 0 Å². The summed E-state index contributed by atoms with van der Waals surface area (Å²) in [6, 6.07) is 8.44. The number of hydrogen-bond donors (Lipinski definition) is 3. The Kier molecular flexibility index (Phi) is 17.8. The van der Waals surface area contributed by atoms with E-state index in [2.05, 4.69) is 31.2 Å². The van der Waals surface area contributed by atoms with Crippen LogP contribution in [0.5, 0.6) is 5.75 Å². The van der Waals surface area contributed by atoms with Gasteiger partial charge in [0.05, 0.1) is 6.61 Å². The zero-order valence-electron chi connectivity index (χ0n) is 19.1. The van der Waals surface area contributed by atoms with Crippen molar-refractivity contribution in [1.29, 1.82) is 0 Å². The summed E-state index contributed by atoms with van der Waals surface area (Å²) in [7, 11) is 0. The van der Waals surface area contributed by atoms with E-state index in [4.69, 9.17) is 4.74 Å². The van der Waals surface area contributed by atoms with Crippen LogP contribution in [-0.4, -0.2) is 50.5 Å². The molecule has 1 saturated heterocycles. The van der Waals surface area contributed by atoms with Crippen molar-refractivity contribution in [2.45, 2.75) is 77.7 Å². The van der Waals surface area contributed by atoms with Crippen LogP contribution in [0.1, 0.15) is 71.6 Å². The van der Waals surface area contributed by atoms with Gasteiger partial charge in [0.1, 0.15) is 38.8 Å². The van der Waals surface area contributed by atoms with E-state index in [1.807, 2.05) is 6.92 Å². The van der Waals surface area contributed by atoms with Gasteiger partial charge in [0.25, 0.3) is 0 Å². The third-order valence-corrected chi connectivity index (χ3v) is 6.04. The molecule has 176 valence electrons. The molecule has 3 N–H and O–H groups in total. The molecule has 0 saturated carbocycles. The van der Waals surface area contributed by atoms with Crippen molar-refractivity contribution in [2.24, 2.45) is 0 Å². The number of nitrogens with one attached hydrogen (secondary N) is 2. The van der Waals surface area contributed by atoms with Crippen molar-refractivity contribution in [2.75, 3.05) is 39.3 Å². The molecule has 1 fully saturated rings. The highest BCUT2D eigenvalue weighted by molar-refractivity contribution is 5.45. The second kappa shape index (κ2) is 18.1. The van der Waals surface area contributed by atoms with Crippen molar-refractivity contribution >= 4 is 5.69 Å². The van der Waals surface area contributed by atoms with E-state index in [0.29, 0.717) is 6.61 Å². The van der Waals surface area contributed by atoms with Crippen molar-refractivity contribution in [3.05, 3.63) is 24.3 Å². The second-order valence-corrected chi connectivity index (χ2v) is 8.40. The third-order valence-electron chi connectivity index (χ3n) is 6.04. The van der Waals surface area contributed by atoms with E-state index in [1.165, 1.54) is 62.0 Å². The Morgan fingerprint density at radius 3 is 2.10 bits per heavy atom. The molecule has 6 heteroatoms. The molecule has 30 heavy (non-hydrogen) atoms. The topological polar surface area (TPSA) is 38.3 Å². The smallest absolute Gasteiger partial charge is 0.179 e. The van der Waals surface area contributed by atoms with Crippen molar-refractivity contribution in [3.63, 3.8) is 0 Å². The van der Waals surface area contributed by atoms with Crippen molar-refractivity contribution in [1.82, 2.24) is 0 Å². The molecule has 1 aromatic carbocycles. The number of rotatable bonds is 14. The molecule has 1 aromatic rings. The Morgan fingerprint density at radius 1 is 0.867 bits per heavy atom. The lowest BCUT2D eigenvalue weighted by Gasteiger charge is -2.31. The molecular weight excluding hydrogens is 419 g/mol. The first kappa shape index (κ1) is 29.5. The zero-order valence-corrected chi connectivity index (χ0v) is 20.6. The number of para-hydroxylation sites is 2. The molecule has 0 bridgehead atoms. The third kappa shape index (κ3) is 11.2. The number of hydrogen-bond acceptors (Lipinski definition) is 2. The van der Waals surface area contributed by atoms with Crippen LogP contribution in [0.2, 0.25) is 0 Å².